The van der Waals surface area contributed by atoms with Crippen LogP contribution in [0.25, 0.3) is 0 Å². The molecule has 124 valence electrons. The van der Waals surface area contributed by atoms with Crippen LogP contribution in [-0.4, -0.2) is 15.8 Å². The molecule has 2 N–H and O–H groups in total. The topological polar surface area (TPSA) is 72.1 Å². The minimum absolute atomic E-state index is 0.180. The van der Waals surface area contributed by atoms with Gasteiger partial charge in [-0.05, 0) is 24.6 Å². The Balaban J connectivity index is 1.47. The first-order valence-electron chi connectivity index (χ1n) is 7.84. The van der Waals surface area contributed by atoms with E-state index in [0.29, 0.717) is 13.1 Å². The van der Waals surface area contributed by atoms with Gasteiger partial charge in [-0.3, -0.25) is 4.68 Å². The molecule has 0 fully saturated rings. The number of furan rings is 1. The van der Waals surface area contributed by atoms with Crippen molar-refractivity contribution in [1.82, 2.24) is 20.4 Å². The van der Waals surface area contributed by atoms with Crippen LogP contribution in [0.3, 0.4) is 0 Å². The lowest BCUT2D eigenvalue weighted by Gasteiger charge is -2.12. The molecule has 0 radical (unpaired) electrons. The van der Waals surface area contributed by atoms with Gasteiger partial charge in [-0.15, -0.1) is 0 Å². The van der Waals surface area contributed by atoms with Crippen LogP contribution in [0.2, 0.25) is 0 Å². The molecule has 2 aromatic heterocycles. The number of carbonyl (C=O) groups is 1. The minimum Gasteiger partial charge on any atom is -0.467 e. The molecule has 1 aromatic carbocycles. The van der Waals surface area contributed by atoms with Gasteiger partial charge in [0.05, 0.1) is 25.0 Å². The number of benzene rings is 1. The van der Waals surface area contributed by atoms with Gasteiger partial charge in [0.25, 0.3) is 0 Å². The Labute approximate surface area is 140 Å². The Morgan fingerprint density at radius 1 is 1.21 bits per heavy atom. The summed E-state index contributed by atoms with van der Waals surface area (Å²) < 4.78 is 7.12. The lowest BCUT2D eigenvalue weighted by atomic mass is 10.2. The average Bonchev–Trinajstić information content (AvgIpc) is 3.26. The van der Waals surface area contributed by atoms with E-state index >= 15 is 0 Å². The number of hydrogen-bond donors (Lipinski definition) is 2. The van der Waals surface area contributed by atoms with E-state index in [9.17, 15) is 4.79 Å². The van der Waals surface area contributed by atoms with Crippen LogP contribution >= 0.6 is 0 Å². The van der Waals surface area contributed by atoms with Crippen LogP contribution in [0, 0.1) is 0 Å². The molecule has 6 nitrogen and oxygen atoms in total. The standard InChI is InChI=1S/C18H20N4O2/c1-14(17-8-5-9-24-17)21-18(23)19-10-16-11-20-22(13-16)12-15-6-3-2-4-7-15/h2-9,11,13-14H,10,12H2,1H3,(H2,19,21,23)/t14-/m0/s1. The van der Waals surface area contributed by atoms with Gasteiger partial charge >= 0.3 is 6.03 Å². The summed E-state index contributed by atoms with van der Waals surface area (Å²) in [5.74, 6) is 0.723. The largest absolute Gasteiger partial charge is 0.467 e. The Morgan fingerprint density at radius 3 is 2.79 bits per heavy atom. The van der Waals surface area contributed by atoms with E-state index in [1.54, 1.807) is 18.5 Å². The van der Waals surface area contributed by atoms with Crippen LogP contribution in [0.1, 0.15) is 29.9 Å². The van der Waals surface area contributed by atoms with Crippen LogP contribution < -0.4 is 10.6 Å². The summed E-state index contributed by atoms with van der Waals surface area (Å²) >= 11 is 0. The van der Waals surface area contributed by atoms with Gasteiger partial charge in [0.1, 0.15) is 5.76 Å². The second-order valence-corrected chi connectivity index (χ2v) is 5.60. The van der Waals surface area contributed by atoms with Crippen molar-refractivity contribution >= 4 is 6.03 Å². The molecule has 0 aliphatic rings. The van der Waals surface area contributed by atoms with Crippen molar-refractivity contribution in [2.75, 3.05) is 0 Å². The third kappa shape index (κ3) is 4.25. The summed E-state index contributed by atoms with van der Waals surface area (Å²) in [5.41, 5.74) is 2.14. The fourth-order valence-corrected chi connectivity index (χ4v) is 2.39. The molecule has 0 saturated carbocycles. The summed E-state index contributed by atoms with van der Waals surface area (Å²) in [7, 11) is 0. The van der Waals surface area contributed by atoms with E-state index < -0.39 is 0 Å². The SMILES string of the molecule is C[C@H](NC(=O)NCc1cnn(Cc2ccccc2)c1)c1ccco1. The van der Waals surface area contributed by atoms with Crippen molar-refractivity contribution in [3.8, 4) is 0 Å². The zero-order chi connectivity index (χ0) is 16.8. The van der Waals surface area contributed by atoms with Gasteiger partial charge in [0, 0.05) is 18.3 Å². The van der Waals surface area contributed by atoms with Crippen LogP contribution in [0.5, 0.6) is 0 Å². The van der Waals surface area contributed by atoms with Crippen molar-refractivity contribution in [2.24, 2.45) is 0 Å². The third-order valence-electron chi connectivity index (χ3n) is 3.64. The van der Waals surface area contributed by atoms with Crippen LogP contribution in [-0.2, 0) is 13.1 Å². The first kappa shape index (κ1) is 15.9. The molecular formula is C18H20N4O2. The molecule has 0 aliphatic heterocycles. The second-order valence-electron chi connectivity index (χ2n) is 5.60. The highest BCUT2D eigenvalue weighted by Gasteiger charge is 2.11. The number of nitrogens with one attached hydrogen (secondary N) is 2. The molecule has 1 atom stereocenters. The molecule has 0 unspecified atom stereocenters. The van der Waals surface area contributed by atoms with Crippen molar-refractivity contribution in [3.05, 3.63) is 78.0 Å². The number of urea groups is 1. The molecule has 3 rings (SSSR count). The molecule has 0 bridgehead atoms. The van der Waals surface area contributed by atoms with Gasteiger partial charge in [0.2, 0.25) is 0 Å². The molecule has 3 aromatic rings. The highest BCUT2D eigenvalue weighted by Crippen LogP contribution is 2.11. The zero-order valence-electron chi connectivity index (χ0n) is 13.5. The highest BCUT2D eigenvalue weighted by atomic mass is 16.3. The van der Waals surface area contributed by atoms with E-state index in [4.69, 9.17) is 4.42 Å². The lowest BCUT2D eigenvalue weighted by molar-refractivity contribution is 0.235. The number of rotatable bonds is 6. The van der Waals surface area contributed by atoms with Crippen molar-refractivity contribution in [3.63, 3.8) is 0 Å². The Bertz CT molecular complexity index is 765. The molecule has 0 saturated heterocycles. The molecule has 2 amide bonds. The van der Waals surface area contributed by atoms with Gasteiger partial charge in [-0.2, -0.15) is 5.10 Å². The fraction of sp³-hybridized carbons (Fsp3) is 0.222. The fourth-order valence-electron chi connectivity index (χ4n) is 2.39. The Morgan fingerprint density at radius 2 is 2.04 bits per heavy atom. The molecule has 0 aliphatic carbocycles. The molecule has 2 heterocycles. The number of hydrogen-bond acceptors (Lipinski definition) is 3. The average molecular weight is 324 g/mol. The number of amides is 2. The highest BCUT2D eigenvalue weighted by molar-refractivity contribution is 5.74. The van der Waals surface area contributed by atoms with Gasteiger partial charge in [-0.1, -0.05) is 30.3 Å². The maximum atomic E-state index is 11.9. The summed E-state index contributed by atoms with van der Waals surface area (Å²) in [6.45, 7) is 3.00. The third-order valence-corrected chi connectivity index (χ3v) is 3.64. The second kappa shape index (κ2) is 7.50. The minimum atomic E-state index is -0.241. The lowest BCUT2D eigenvalue weighted by Crippen LogP contribution is -2.36. The first-order chi connectivity index (χ1) is 11.7. The van der Waals surface area contributed by atoms with E-state index in [2.05, 4.69) is 27.9 Å². The van der Waals surface area contributed by atoms with Gasteiger partial charge in [-0.25, -0.2) is 4.79 Å². The predicted molar refractivity (Wildman–Crippen MR) is 90.3 cm³/mol. The predicted octanol–water partition coefficient (Wildman–Crippen LogP) is 3.08. The Kier molecular flexibility index (Phi) is 4.96. The smallest absolute Gasteiger partial charge is 0.315 e. The summed E-state index contributed by atoms with van der Waals surface area (Å²) in [6, 6.07) is 13.3. The molecular weight excluding hydrogens is 304 g/mol. The van der Waals surface area contributed by atoms with Crippen LogP contribution in [0.4, 0.5) is 4.79 Å². The molecule has 6 heteroatoms. The van der Waals surface area contributed by atoms with Gasteiger partial charge in [0.15, 0.2) is 0 Å². The van der Waals surface area contributed by atoms with E-state index in [-0.39, 0.29) is 12.1 Å². The normalized spacial score (nSPS) is 11.9. The monoisotopic (exact) mass is 324 g/mol. The summed E-state index contributed by atoms with van der Waals surface area (Å²) in [4.78, 5) is 11.9. The number of aromatic nitrogens is 2. The van der Waals surface area contributed by atoms with E-state index in [1.807, 2.05) is 42.1 Å². The zero-order valence-corrected chi connectivity index (χ0v) is 13.5. The van der Waals surface area contributed by atoms with Gasteiger partial charge < -0.3 is 15.1 Å². The maximum absolute atomic E-state index is 11.9. The number of carbonyl (C=O) groups excluding carboxylic acids is 1. The molecule has 24 heavy (non-hydrogen) atoms. The summed E-state index contributed by atoms with van der Waals surface area (Å²) in [6.07, 6.45) is 5.29. The van der Waals surface area contributed by atoms with E-state index in [1.165, 1.54) is 5.56 Å². The first-order valence-corrected chi connectivity index (χ1v) is 7.84. The quantitative estimate of drug-likeness (QED) is 0.732. The maximum Gasteiger partial charge on any atom is 0.315 e. The number of nitrogens with zero attached hydrogens (tertiary/aromatic N) is 2. The summed E-state index contributed by atoms with van der Waals surface area (Å²) in [5, 5.41) is 9.97. The van der Waals surface area contributed by atoms with Crippen molar-refractivity contribution < 1.29 is 9.21 Å². The Hall–Kier alpha value is -3.02. The van der Waals surface area contributed by atoms with Crippen molar-refractivity contribution in [1.29, 1.82) is 0 Å². The van der Waals surface area contributed by atoms with E-state index in [0.717, 1.165) is 11.3 Å². The van der Waals surface area contributed by atoms with Crippen molar-refractivity contribution in [2.45, 2.75) is 26.1 Å². The van der Waals surface area contributed by atoms with Crippen LogP contribution in [0.15, 0.2) is 65.5 Å². The molecule has 0 spiro atoms.